The quantitative estimate of drug-likeness (QED) is 0.799. The fraction of sp³-hybridized carbons (Fsp3) is 0.700. The molecular formula is C10H17N3S. The van der Waals surface area contributed by atoms with Crippen LogP contribution in [0.5, 0.6) is 0 Å². The highest BCUT2D eigenvalue weighted by atomic mass is 32.1. The maximum absolute atomic E-state index is 5.62. The molecule has 3 N–H and O–H groups in total. The first kappa shape index (κ1) is 10.1. The SMILES string of the molecule is CC(CN)c1csc(C2CCCN2)n1. The van der Waals surface area contributed by atoms with Gasteiger partial charge in [-0.05, 0) is 19.4 Å². The van der Waals surface area contributed by atoms with E-state index >= 15 is 0 Å². The van der Waals surface area contributed by atoms with Crippen LogP contribution >= 0.6 is 11.3 Å². The van der Waals surface area contributed by atoms with Crippen molar-refractivity contribution in [3.8, 4) is 0 Å². The Morgan fingerprint density at radius 1 is 1.79 bits per heavy atom. The van der Waals surface area contributed by atoms with E-state index in [1.165, 1.54) is 17.8 Å². The molecule has 1 aliphatic rings. The molecule has 0 saturated carbocycles. The molecule has 0 spiro atoms. The van der Waals surface area contributed by atoms with Crippen molar-refractivity contribution in [1.29, 1.82) is 0 Å². The summed E-state index contributed by atoms with van der Waals surface area (Å²) in [6.45, 7) is 3.94. The first-order valence-electron chi connectivity index (χ1n) is 5.20. The third-order valence-electron chi connectivity index (χ3n) is 2.76. The zero-order chi connectivity index (χ0) is 9.97. The van der Waals surface area contributed by atoms with Gasteiger partial charge in [0, 0.05) is 17.8 Å². The number of hydrogen-bond donors (Lipinski definition) is 2. The van der Waals surface area contributed by atoms with Crippen LogP contribution in [-0.2, 0) is 0 Å². The summed E-state index contributed by atoms with van der Waals surface area (Å²) < 4.78 is 0. The standard InChI is InChI=1S/C10H17N3S/c1-7(5-11)9-6-14-10(13-9)8-3-2-4-12-8/h6-8,12H,2-5,11H2,1H3. The highest BCUT2D eigenvalue weighted by Gasteiger charge is 2.20. The Bertz CT molecular complexity index is 291. The van der Waals surface area contributed by atoms with Crippen molar-refractivity contribution in [2.24, 2.45) is 5.73 Å². The third-order valence-corrected chi connectivity index (χ3v) is 3.73. The van der Waals surface area contributed by atoms with Crippen LogP contribution in [0.15, 0.2) is 5.38 Å². The zero-order valence-corrected chi connectivity index (χ0v) is 9.31. The Kier molecular flexibility index (Phi) is 3.15. The van der Waals surface area contributed by atoms with E-state index in [-0.39, 0.29) is 0 Å². The Morgan fingerprint density at radius 2 is 2.64 bits per heavy atom. The predicted octanol–water partition coefficient (Wildman–Crippen LogP) is 1.63. The summed E-state index contributed by atoms with van der Waals surface area (Å²) in [6.07, 6.45) is 2.50. The van der Waals surface area contributed by atoms with E-state index < -0.39 is 0 Å². The van der Waals surface area contributed by atoms with Crippen LogP contribution in [0.1, 0.15) is 42.4 Å². The summed E-state index contributed by atoms with van der Waals surface area (Å²) >= 11 is 1.76. The van der Waals surface area contributed by atoms with Crippen molar-refractivity contribution in [2.45, 2.75) is 31.7 Å². The molecule has 2 heterocycles. The number of nitrogens with two attached hydrogens (primary N) is 1. The van der Waals surface area contributed by atoms with Crippen LogP contribution in [0.4, 0.5) is 0 Å². The summed E-state index contributed by atoms with van der Waals surface area (Å²) in [5.41, 5.74) is 6.77. The normalized spacial score (nSPS) is 24.0. The lowest BCUT2D eigenvalue weighted by molar-refractivity contribution is 0.635. The largest absolute Gasteiger partial charge is 0.330 e. The van der Waals surface area contributed by atoms with Crippen molar-refractivity contribution < 1.29 is 0 Å². The summed E-state index contributed by atoms with van der Waals surface area (Å²) in [4.78, 5) is 4.64. The third kappa shape index (κ3) is 1.97. The second kappa shape index (κ2) is 4.38. The van der Waals surface area contributed by atoms with Gasteiger partial charge in [-0.25, -0.2) is 4.98 Å². The van der Waals surface area contributed by atoms with Crippen LogP contribution in [-0.4, -0.2) is 18.1 Å². The van der Waals surface area contributed by atoms with Crippen LogP contribution in [0.2, 0.25) is 0 Å². The van der Waals surface area contributed by atoms with E-state index in [2.05, 4.69) is 22.6 Å². The van der Waals surface area contributed by atoms with E-state index in [1.807, 2.05) is 0 Å². The van der Waals surface area contributed by atoms with Gasteiger partial charge in [0.15, 0.2) is 0 Å². The minimum atomic E-state index is 0.390. The molecule has 3 nitrogen and oxygen atoms in total. The molecule has 0 radical (unpaired) electrons. The Balaban J connectivity index is 2.08. The molecule has 1 saturated heterocycles. The van der Waals surface area contributed by atoms with Gasteiger partial charge in [0.25, 0.3) is 0 Å². The lowest BCUT2D eigenvalue weighted by Gasteiger charge is -2.06. The molecule has 14 heavy (non-hydrogen) atoms. The molecule has 4 heteroatoms. The van der Waals surface area contributed by atoms with Crippen molar-refractivity contribution in [1.82, 2.24) is 10.3 Å². The molecule has 2 atom stereocenters. The van der Waals surface area contributed by atoms with Gasteiger partial charge in [0.1, 0.15) is 5.01 Å². The molecule has 0 aliphatic carbocycles. The average molecular weight is 211 g/mol. The minimum absolute atomic E-state index is 0.390. The van der Waals surface area contributed by atoms with Crippen LogP contribution in [0.25, 0.3) is 0 Å². The number of thiazole rings is 1. The van der Waals surface area contributed by atoms with Gasteiger partial charge < -0.3 is 11.1 Å². The number of nitrogens with zero attached hydrogens (tertiary/aromatic N) is 1. The molecule has 2 unspecified atom stereocenters. The second-order valence-electron chi connectivity index (χ2n) is 3.90. The smallest absolute Gasteiger partial charge is 0.110 e. The molecule has 1 fully saturated rings. The molecule has 78 valence electrons. The number of nitrogens with one attached hydrogen (secondary N) is 1. The Hall–Kier alpha value is -0.450. The lowest BCUT2D eigenvalue weighted by Crippen LogP contribution is -2.13. The molecule has 1 aromatic rings. The highest BCUT2D eigenvalue weighted by Crippen LogP contribution is 2.27. The number of rotatable bonds is 3. The fourth-order valence-electron chi connectivity index (χ4n) is 1.70. The summed E-state index contributed by atoms with van der Waals surface area (Å²) in [7, 11) is 0. The van der Waals surface area contributed by atoms with Crippen molar-refractivity contribution in [3.63, 3.8) is 0 Å². The van der Waals surface area contributed by atoms with E-state index in [1.54, 1.807) is 11.3 Å². The van der Waals surface area contributed by atoms with E-state index in [4.69, 9.17) is 5.73 Å². The van der Waals surface area contributed by atoms with E-state index in [0.29, 0.717) is 18.5 Å². The van der Waals surface area contributed by atoms with Crippen molar-refractivity contribution in [3.05, 3.63) is 16.1 Å². The van der Waals surface area contributed by atoms with Crippen molar-refractivity contribution >= 4 is 11.3 Å². The molecule has 0 aromatic carbocycles. The summed E-state index contributed by atoms with van der Waals surface area (Å²) in [5.74, 6) is 0.390. The first-order chi connectivity index (χ1) is 6.81. The van der Waals surface area contributed by atoms with Crippen LogP contribution < -0.4 is 11.1 Å². The van der Waals surface area contributed by atoms with Gasteiger partial charge >= 0.3 is 0 Å². The van der Waals surface area contributed by atoms with Gasteiger partial charge in [0.2, 0.25) is 0 Å². The van der Waals surface area contributed by atoms with E-state index in [9.17, 15) is 0 Å². The van der Waals surface area contributed by atoms with Gasteiger partial charge in [0.05, 0.1) is 11.7 Å². The molecule has 1 aliphatic heterocycles. The second-order valence-corrected chi connectivity index (χ2v) is 4.79. The summed E-state index contributed by atoms with van der Waals surface area (Å²) in [5, 5.41) is 6.84. The van der Waals surface area contributed by atoms with Crippen molar-refractivity contribution in [2.75, 3.05) is 13.1 Å². The predicted molar refractivity (Wildman–Crippen MR) is 59.6 cm³/mol. The molecular weight excluding hydrogens is 194 g/mol. The van der Waals surface area contributed by atoms with Gasteiger partial charge in [-0.1, -0.05) is 6.92 Å². The van der Waals surface area contributed by atoms with Gasteiger partial charge in [-0.15, -0.1) is 11.3 Å². The monoisotopic (exact) mass is 211 g/mol. The number of hydrogen-bond acceptors (Lipinski definition) is 4. The summed E-state index contributed by atoms with van der Waals surface area (Å²) in [6, 6.07) is 0.499. The van der Waals surface area contributed by atoms with Gasteiger partial charge in [-0.2, -0.15) is 0 Å². The van der Waals surface area contributed by atoms with Gasteiger partial charge in [-0.3, -0.25) is 0 Å². The topological polar surface area (TPSA) is 50.9 Å². The fourth-order valence-corrected chi connectivity index (χ4v) is 2.75. The lowest BCUT2D eigenvalue weighted by atomic mass is 10.1. The average Bonchev–Trinajstić information content (AvgIpc) is 2.86. The zero-order valence-electron chi connectivity index (χ0n) is 8.49. The number of aromatic nitrogens is 1. The molecule has 0 amide bonds. The molecule has 1 aromatic heterocycles. The van der Waals surface area contributed by atoms with Crippen LogP contribution in [0.3, 0.4) is 0 Å². The highest BCUT2D eigenvalue weighted by molar-refractivity contribution is 7.09. The molecule has 0 bridgehead atoms. The minimum Gasteiger partial charge on any atom is -0.330 e. The molecule has 2 rings (SSSR count). The van der Waals surface area contributed by atoms with E-state index in [0.717, 1.165) is 12.2 Å². The Morgan fingerprint density at radius 3 is 3.29 bits per heavy atom. The maximum atomic E-state index is 5.62. The first-order valence-corrected chi connectivity index (χ1v) is 6.08. The maximum Gasteiger partial charge on any atom is 0.110 e. The Labute approximate surface area is 88.7 Å². The van der Waals surface area contributed by atoms with Crippen LogP contribution in [0, 0.1) is 0 Å².